The number of rotatable bonds is 4. The van der Waals surface area contributed by atoms with Crippen molar-refractivity contribution in [1.82, 2.24) is 14.3 Å². The number of fused-ring (bicyclic) bond motifs is 1. The number of piperidine rings is 1. The molecule has 1 saturated heterocycles. The minimum atomic E-state index is -3.56. The Morgan fingerprint density at radius 3 is 2.37 bits per heavy atom. The van der Waals surface area contributed by atoms with E-state index in [0.29, 0.717) is 29.9 Å². The van der Waals surface area contributed by atoms with Gasteiger partial charge < -0.3 is 5.32 Å². The van der Waals surface area contributed by atoms with E-state index >= 15 is 0 Å². The molecular weight excluding hydrogens is 400 g/mol. The molecule has 0 unspecified atom stereocenters. The van der Waals surface area contributed by atoms with Crippen LogP contribution in [0, 0.1) is 13.8 Å². The zero-order valence-electron chi connectivity index (χ0n) is 17.1. The summed E-state index contributed by atoms with van der Waals surface area (Å²) in [6, 6.07) is 11.5. The Hall–Kier alpha value is -2.84. The lowest BCUT2D eigenvalue weighted by Gasteiger charge is -2.26. The summed E-state index contributed by atoms with van der Waals surface area (Å²) in [5.74, 6) is -0.329. The summed E-state index contributed by atoms with van der Waals surface area (Å²) in [6.45, 7) is 4.85. The van der Waals surface area contributed by atoms with Gasteiger partial charge in [-0.05, 0) is 63.1 Å². The van der Waals surface area contributed by atoms with E-state index in [1.165, 1.54) is 10.4 Å². The number of carbonyl (C=O) groups excluding carboxylic acids is 1. The van der Waals surface area contributed by atoms with Gasteiger partial charge >= 0.3 is 0 Å². The maximum absolute atomic E-state index is 12.9. The van der Waals surface area contributed by atoms with E-state index in [-0.39, 0.29) is 10.8 Å². The molecule has 8 heteroatoms. The molecule has 0 atom stereocenters. The van der Waals surface area contributed by atoms with Gasteiger partial charge in [0.2, 0.25) is 10.0 Å². The highest BCUT2D eigenvalue weighted by Crippen LogP contribution is 2.23. The summed E-state index contributed by atoms with van der Waals surface area (Å²) in [7, 11) is -3.56. The summed E-state index contributed by atoms with van der Waals surface area (Å²) in [4.78, 5) is 21.9. The molecule has 0 saturated carbocycles. The van der Waals surface area contributed by atoms with Crippen LogP contribution in [-0.4, -0.2) is 41.7 Å². The second kappa shape index (κ2) is 8.12. The molecule has 1 fully saturated rings. The molecule has 1 aromatic heterocycles. The number of anilines is 1. The second-order valence-electron chi connectivity index (χ2n) is 7.54. The van der Waals surface area contributed by atoms with Gasteiger partial charge in [-0.3, -0.25) is 4.79 Å². The number of nitrogens with one attached hydrogen (secondary N) is 1. The monoisotopic (exact) mass is 424 g/mol. The van der Waals surface area contributed by atoms with Crippen molar-refractivity contribution in [2.24, 2.45) is 0 Å². The van der Waals surface area contributed by atoms with Crippen molar-refractivity contribution in [3.05, 3.63) is 59.4 Å². The lowest BCUT2D eigenvalue weighted by atomic mass is 10.1. The molecule has 0 aliphatic carbocycles. The Kier molecular flexibility index (Phi) is 5.53. The van der Waals surface area contributed by atoms with Crippen molar-refractivity contribution in [3.63, 3.8) is 0 Å². The van der Waals surface area contributed by atoms with Gasteiger partial charge in [0, 0.05) is 24.3 Å². The summed E-state index contributed by atoms with van der Waals surface area (Å²) in [5.41, 5.74) is 3.91. The van der Waals surface area contributed by atoms with Gasteiger partial charge in [0.1, 0.15) is 0 Å². The van der Waals surface area contributed by atoms with Crippen molar-refractivity contribution >= 4 is 32.7 Å². The Labute approximate surface area is 176 Å². The third-order valence-corrected chi connectivity index (χ3v) is 7.28. The zero-order chi connectivity index (χ0) is 21.3. The highest BCUT2D eigenvalue weighted by Gasteiger charge is 2.26. The minimum Gasteiger partial charge on any atom is -0.322 e. The number of carbonyl (C=O) groups is 1. The SMILES string of the molecule is Cc1nc2ccc(C(=O)Nc3cccc(S(=O)(=O)N4CCCCC4)c3)cc2nc1C. The van der Waals surface area contributed by atoms with Crippen molar-refractivity contribution < 1.29 is 13.2 Å². The lowest BCUT2D eigenvalue weighted by Crippen LogP contribution is -2.35. The van der Waals surface area contributed by atoms with Crippen molar-refractivity contribution in [2.45, 2.75) is 38.0 Å². The maximum Gasteiger partial charge on any atom is 0.255 e. The van der Waals surface area contributed by atoms with Crippen LogP contribution in [0.25, 0.3) is 11.0 Å². The molecule has 0 radical (unpaired) electrons. The van der Waals surface area contributed by atoms with Crippen LogP contribution in [0.15, 0.2) is 47.4 Å². The summed E-state index contributed by atoms with van der Waals surface area (Å²) in [5, 5.41) is 2.79. The number of aryl methyl sites for hydroxylation is 2. The van der Waals surface area contributed by atoms with Crippen LogP contribution in [0.3, 0.4) is 0 Å². The second-order valence-corrected chi connectivity index (χ2v) is 9.48. The first-order chi connectivity index (χ1) is 14.3. The van der Waals surface area contributed by atoms with E-state index in [1.807, 2.05) is 13.8 Å². The van der Waals surface area contributed by atoms with Crippen molar-refractivity contribution in [1.29, 1.82) is 0 Å². The number of benzene rings is 2. The predicted molar refractivity (Wildman–Crippen MR) is 116 cm³/mol. The van der Waals surface area contributed by atoms with E-state index in [2.05, 4.69) is 15.3 Å². The zero-order valence-corrected chi connectivity index (χ0v) is 17.9. The van der Waals surface area contributed by atoms with Crippen LogP contribution in [0.1, 0.15) is 41.0 Å². The molecular formula is C22H24N4O3S. The van der Waals surface area contributed by atoms with Gasteiger partial charge in [-0.15, -0.1) is 0 Å². The van der Waals surface area contributed by atoms with E-state index < -0.39 is 10.0 Å². The molecule has 156 valence electrons. The molecule has 1 aliphatic rings. The number of amides is 1. The van der Waals surface area contributed by atoms with Crippen molar-refractivity contribution in [2.75, 3.05) is 18.4 Å². The predicted octanol–water partition coefficient (Wildman–Crippen LogP) is 3.67. The average molecular weight is 425 g/mol. The molecule has 2 heterocycles. The molecule has 7 nitrogen and oxygen atoms in total. The minimum absolute atomic E-state index is 0.192. The molecule has 2 aromatic carbocycles. The van der Waals surface area contributed by atoms with E-state index in [1.54, 1.807) is 36.4 Å². The Morgan fingerprint density at radius 2 is 1.63 bits per heavy atom. The van der Waals surface area contributed by atoms with Crippen LogP contribution in [0.2, 0.25) is 0 Å². The highest BCUT2D eigenvalue weighted by molar-refractivity contribution is 7.89. The fourth-order valence-corrected chi connectivity index (χ4v) is 5.13. The third kappa shape index (κ3) is 4.06. The summed E-state index contributed by atoms with van der Waals surface area (Å²) in [6.07, 6.45) is 2.80. The molecule has 4 rings (SSSR count). The molecule has 0 spiro atoms. The fourth-order valence-electron chi connectivity index (χ4n) is 3.56. The Morgan fingerprint density at radius 1 is 0.933 bits per heavy atom. The van der Waals surface area contributed by atoms with Crippen LogP contribution < -0.4 is 5.32 Å². The number of sulfonamides is 1. The smallest absolute Gasteiger partial charge is 0.255 e. The third-order valence-electron chi connectivity index (χ3n) is 5.38. The van der Waals surface area contributed by atoms with Gasteiger partial charge in [0.15, 0.2) is 0 Å². The van der Waals surface area contributed by atoms with Gasteiger partial charge in [-0.1, -0.05) is 12.5 Å². The first-order valence-electron chi connectivity index (χ1n) is 10.0. The van der Waals surface area contributed by atoms with E-state index in [0.717, 1.165) is 36.2 Å². The van der Waals surface area contributed by atoms with Crippen LogP contribution in [-0.2, 0) is 10.0 Å². The average Bonchev–Trinajstić information content (AvgIpc) is 2.75. The first-order valence-corrected chi connectivity index (χ1v) is 11.5. The standard InChI is InChI=1S/C22H24N4O3S/c1-15-16(2)24-21-13-17(9-10-20(21)23-15)22(27)25-18-7-6-8-19(14-18)30(28,29)26-11-4-3-5-12-26/h6-10,13-14H,3-5,11-12H2,1-2H3,(H,25,27). The Balaban J connectivity index is 1.57. The fraction of sp³-hybridized carbons (Fsp3) is 0.318. The quantitative estimate of drug-likeness (QED) is 0.690. The number of hydrogen-bond acceptors (Lipinski definition) is 5. The maximum atomic E-state index is 12.9. The van der Waals surface area contributed by atoms with Gasteiger partial charge in [0.05, 0.1) is 27.3 Å². The number of aromatic nitrogens is 2. The Bertz CT molecular complexity index is 1220. The summed E-state index contributed by atoms with van der Waals surface area (Å²) < 4.78 is 27.3. The van der Waals surface area contributed by atoms with Crippen molar-refractivity contribution in [3.8, 4) is 0 Å². The van der Waals surface area contributed by atoms with E-state index in [4.69, 9.17) is 0 Å². The highest BCUT2D eigenvalue weighted by atomic mass is 32.2. The largest absolute Gasteiger partial charge is 0.322 e. The molecule has 1 aliphatic heterocycles. The van der Waals surface area contributed by atoms with Crippen LogP contribution in [0.5, 0.6) is 0 Å². The normalized spacial score (nSPS) is 15.3. The summed E-state index contributed by atoms with van der Waals surface area (Å²) >= 11 is 0. The number of nitrogens with zero attached hydrogens (tertiary/aromatic N) is 3. The van der Waals surface area contributed by atoms with Gasteiger partial charge in [-0.25, -0.2) is 18.4 Å². The number of hydrogen-bond donors (Lipinski definition) is 1. The lowest BCUT2D eigenvalue weighted by molar-refractivity contribution is 0.102. The van der Waals surface area contributed by atoms with Crippen LogP contribution in [0.4, 0.5) is 5.69 Å². The van der Waals surface area contributed by atoms with E-state index in [9.17, 15) is 13.2 Å². The topological polar surface area (TPSA) is 92.3 Å². The molecule has 0 bridgehead atoms. The molecule has 1 N–H and O–H groups in total. The van der Waals surface area contributed by atoms with Crippen LogP contribution >= 0.6 is 0 Å². The van der Waals surface area contributed by atoms with Gasteiger partial charge in [-0.2, -0.15) is 4.31 Å². The molecule has 1 amide bonds. The van der Waals surface area contributed by atoms with Gasteiger partial charge in [0.25, 0.3) is 5.91 Å². The molecule has 30 heavy (non-hydrogen) atoms. The molecule has 3 aromatic rings. The first kappa shape index (κ1) is 20.4.